The highest BCUT2D eigenvalue weighted by Gasteiger charge is 2.36. The van der Waals surface area contributed by atoms with E-state index in [0.717, 1.165) is 26.6 Å². The largest absolute Gasteiger partial charge is 0.460 e. The van der Waals surface area contributed by atoms with Crippen molar-refractivity contribution in [1.82, 2.24) is 9.66 Å². The molecule has 28 heavy (non-hydrogen) atoms. The molecular formula is C22H19N3O2S. The van der Waals surface area contributed by atoms with Gasteiger partial charge in [-0.25, -0.2) is 4.98 Å². The fraction of sp³-hybridized carbons (Fsp3) is 0.227. The highest BCUT2D eigenvalue weighted by Crippen LogP contribution is 2.47. The van der Waals surface area contributed by atoms with Crippen molar-refractivity contribution < 1.29 is 4.42 Å². The lowest BCUT2D eigenvalue weighted by Gasteiger charge is -2.02. The zero-order chi connectivity index (χ0) is 19.3. The van der Waals surface area contributed by atoms with Crippen LogP contribution in [0.2, 0.25) is 0 Å². The Kier molecular flexibility index (Phi) is 4.02. The van der Waals surface area contributed by atoms with Gasteiger partial charge in [0.15, 0.2) is 0 Å². The molecule has 2 atom stereocenters. The normalized spacial score (nSPS) is 18.9. The summed E-state index contributed by atoms with van der Waals surface area (Å²) in [5.41, 5.74) is 1.78. The quantitative estimate of drug-likeness (QED) is 0.460. The maximum absolute atomic E-state index is 13.1. The number of thiophene rings is 1. The Morgan fingerprint density at radius 2 is 2.04 bits per heavy atom. The van der Waals surface area contributed by atoms with Crippen LogP contribution in [0.25, 0.3) is 21.3 Å². The van der Waals surface area contributed by atoms with Crippen molar-refractivity contribution in [3.8, 4) is 11.1 Å². The van der Waals surface area contributed by atoms with Gasteiger partial charge in [-0.1, -0.05) is 37.3 Å². The minimum Gasteiger partial charge on any atom is -0.460 e. The molecule has 0 saturated heterocycles. The summed E-state index contributed by atoms with van der Waals surface area (Å²) in [6.45, 7) is 4.24. The summed E-state index contributed by atoms with van der Waals surface area (Å²) in [6.07, 6.45) is 4.22. The molecule has 4 aromatic rings. The van der Waals surface area contributed by atoms with Gasteiger partial charge >= 0.3 is 0 Å². The van der Waals surface area contributed by atoms with Crippen LogP contribution < -0.4 is 5.56 Å². The molecule has 0 spiro atoms. The van der Waals surface area contributed by atoms with Crippen molar-refractivity contribution in [2.45, 2.75) is 26.2 Å². The van der Waals surface area contributed by atoms with E-state index in [1.54, 1.807) is 6.21 Å². The highest BCUT2D eigenvalue weighted by molar-refractivity contribution is 7.19. The molecule has 1 aliphatic carbocycles. The number of fused-ring (bicyclic) bond motifs is 1. The Morgan fingerprint density at radius 3 is 2.79 bits per heavy atom. The van der Waals surface area contributed by atoms with Crippen molar-refractivity contribution in [2.24, 2.45) is 11.0 Å². The number of aryl methyl sites for hydroxylation is 1. The van der Waals surface area contributed by atoms with Gasteiger partial charge in [-0.05, 0) is 37.0 Å². The van der Waals surface area contributed by atoms with E-state index >= 15 is 0 Å². The maximum atomic E-state index is 13.1. The number of aromatic nitrogens is 2. The number of furan rings is 1. The standard InChI is InChI=1S/C22H19N3O2S/c1-13-10-17(13)18-9-8-16(27-18)11-24-25-12-23-21-20(22(25)26)19(14(2)28-21)15-6-4-3-5-7-15/h3-9,11-13,17H,10H2,1-2H3/b24-11-/t13-,17-/m1/s1. The van der Waals surface area contributed by atoms with Crippen LogP contribution in [-0.2, 0) is 0 Å². The second kappa shape index (κ2) is 6.56. The first-order valence-corrected chi connectivity index (χ1v) is 10.1. The molecule has 0 amide bonds. The number of rotatable bonds is 4. The monoisotopic (exact) mass is 389 g/mol. The first kappa shape index (κ1) is 17.1. The minimum absolute atomic E-state index is 0.174. The molecule has 6 heteroatoms. The van der Waals surface area contributed by atoms with Gasteiger partial charge < -0.3 is 4.42 Å². The van der Waals surface area contributed by atoms with Crippen LogP contribution in [0.5, 0.6) is 0 Å². The van der Waals surface area contributed by atoms with E-state index in [4.69, 9.17) is 4.42 Å². The molecule has 3 aromatic heterocycles. The molecular weight excluding hydrogens is 370 g/mol. The molecule has 1 saturated carbocycles. The maximum Gasteiger partial charge on any atom is 0.283 e. The van der Waals surface area contributed by atoms with Crippen LogP contribution >= 0.6 is 11.3 Å². The summed E-state index contributed by atoms with van der Waals surface area (Å²) in [4.78, 5) is 19.4. The third-order valence-corrected chi connectivity index (χ3v) is 6.28. The Hall–Kier alpha value is -2.99. The Balaban J connectivity index is 1.55. The number of hydrogen-bond acceptors (Lipinski definition) is 5. The van der Waals surface area contributed by atoms with Gasteiger partial charge in [-0.15, -0.1) is 11.3 Å². The van der Waals surface area contributed by atoms with Gasteiger partial charge in [0.05, 0.1) is 11.6 Å². The highest BCUT2D eigenvalue weighted by atomic mass is 32.1. The molecule has 5 nitrogen and oxygen atoms in total. The van der Waals surface area contributed by atoms with E-state index in [0.29, 0.717) is 23.0 Å². The summed E-state index contributed by atoms with van der Waals surface area (Å²) >= 11 is 1.53. The predicted octanol–water partition coefficient (Wildman–Crippen LogP) is 5.03. The van der Waals surface area contributed by atoms with Crippen LogP contribution in [0.3, 0.4) is 0 Å². The molecule has 1 aromatic carbocycles. The molecule has 0 aliphatic heterocycles. The van der Waals surface area contributed by atoms with Crippen LogP contribution in [-0.4, -0.2) is 15.9 Å². The predicted molar refractivity (Wildman–Crippen MR) is 112 cm³/mol. The molecule has 1 aliphatic rings. The van der Waals surface area contributed by atoms with Gasteiger partial charge in [-0.2, -0.15) is 9.78 Å². The fourth-order valence-electron chi connectivity index (χ4n) is 3.60. The second-order valence-corrected chi connectivity index (χ2v) is 8.48. The molecule has 1 fully saturated rings. The number of nitrogens with zero attached hydrogens (tertiary/aromatic N) is 3. The van der Waals surface area contributed by atoms with E-state index in [9.17, 15) is 4.79 Å². The smallest absolute Gasteiger partial charge is 0.283 e. The van der Waals surface area contributed by atoms with Gasteiger partial charge in [0.25, 0.3) is 5.56 Å². The van der Waals surface area contributed by atoms with Crippen molar-refractivity contribution in [3.05, 3.63) is 75.5 Å². The van der Waals surface area contributed by atoms with Crippen molar-refractivity contribution in [1.29, 1.82) is 0 Å². The Bertz CT molecular complexity index is 1250. The van der Waals surface area contributed by atoms with Crippen LogP contribution in [0, 0.1) is 12.8 Å². The summed E-state index contributed by atoms with van der Waals surface area (Å²) in [5.74, 6) is 2.84. The summed E-state index contributed by atoms with van der Waals surface area (Å²) in [7, 11) is 0. The van der Waals surface area contributed by atoms with Gasteiger partial charge in [0.2, 0.25) is 0 Å². The summed E-state index contributed by atoms with van der Waals surface area (Å²) in [5, 5.41) is 4.92. The zero-order valence-electron chi connectivity index (χ0n) is 15.6. The Labute approximate surface area is 166 Å². The van der Waals surface area contributed by atoms with E-state index in [1.807, 2.05) is 49.4 Å². The second-order valence-electron chi connectivity index (χ2n) is 7.28. The third-order valence-electron chi connectivity index (χ3n) is 5.27. The number of hydrogen-bond donors (Lipinski definition) is 0. The van der Waals surface area contributed by atoms with E-state index in [2.05, 4.69) is 17.0 Å². The van der Waals surface area contributed by atoms with E-state index in [-0.39, 0.29) is 5.56 Å². The molecule has 0 unspecified atom stereocenters. The summed E-state index contributed by atoms with van der Waals surface area (Å²) in [6, 6.07) is 13.8. The van der Waals surface area contributed by atoms with Crippen LogP contribution in [0.15, 0.2) is 63.1 Å². The fourth-order valence-corrected chi connectivity index (χ4v) is 4.61. The van der Waals surface area contributed by atoms with Crippen molar-refractivity contribution in [3.63, 3.8) is 0 Å². The average molecular weight is 389 g/mol. The molecule has 3 heterocycles. The molecule has 0 bridgehead atoms. The van der Waals surface area contributed by atoms with E-state index in [1.165, 1.54) is 28.8 Å². The zero-order valence-corrected chi connectivity index (χ0v) is 16.4. The minimum atomic E-state index is -0.174. The lowest BCUT2D eigenvalue weighted by atomic mass is 10.0. The topological polar surface area (TPSA) is 60.4 Å². The van der Waals surface area contributed by atoms with Gasteiger partial charge in [-0.3, -0.25) is 4.79 Å². The lowest BCUT2D eigenvalue weighted by Crippen LogP contribution is -2.16. The van der Waals surface area contributed by atoms with Crippen molar-refractivity contribution in [2.75, 3.05) is 0 Å². The van der Waals surface area contributed by atoms with Gasteiger partial charge in [0.1, 0.15) is 22.7 Å². The first-order valence-electron chi connectivity index (χ1n) is 9.32. The molecule has 0 N–H and O–H groups in total. The van der Waals surface area contributed by atoms with E-state index < -0.39 is 0 Å². The first-order chi connectivity index (χ1) is 13.6. The average Bonchev–Trinajstić information content (AvgIpc) is 3.11. The molecule has 0 radical (unpaired) electrons. The molecule has 5 rings (SSSR count). The lowest BCUT2D eigenvalue weighted by molar-refractivity contribution is 0.500. The Morgan fingerprint density at radius 1 is 1.25 bits per heavy atom. The SMILES string of the molecule is Cc1sc2ncn(/N=C\c3ccc([C@@H]4C[C@H]4C)o3)c(=O)c2c1-c1ccccc1. The molecule has 140 valence electrons. The number of benzene rings is 1. The van der Waals surface area contributed by atoms with Crippen LogP contribution in [0.1, 0.15) is 35.7 Å². The van der Waals surface area contributed by atoms with Crippen molar-refractivity contribution >= 4 is 27.8 Å². The van der Waals surface area contributed by atoms with Gasteiger partial charge in [0, 0.05) is 16.4 Å². The third kappa shape index (κ3) is 2.90. The summed E-state index contributed by atoms with van der Waals surface area (Å²) < 4.78 is 7.12. The van der Waals surface area contributed by atoms with Crippen LogP contribution in [0.4, 0.5) is 0 Å².